The maximum absolute atomic E-state index is 12.2. The Kier molecular flexibility index (Phi) is 5.68. The van der Waals surface area contributed by atoms with Crippen molar-refractivity contribution in [3.8, 4) is 22.5 Å². The molecule has 0 unspecified atom stereocenters. The summed E-state index contributed by atoms with van der Waals surface area (Å²) in [5.74, 6) is 0.492. The van der Waals surface area contributed by atoms with Crippen molar-refractivity contribution in [1.82, 2.24) is 9.55 Å². The summed E-state index contributed by atoms with van der Waals surface area (Å²) in [6, 6.07) is 31.6. The molecule has 5 heteroatoms. The summed E-state index contributed by atoms with van der Waals surface area (Å²) in [5.41, 5.74) is 6.35. The van der Waals surface area contributed by atoms with Crippen LogP contribution in [-0.4, -0.2) is 22.6 Å². The largest absolute Gasteiger partial charge is 0.465 e. The molecule has 0 saturated heterocycles. The Morgan fingerprint density at radius 1 is 0.848 bits per heavy atom. The average molecular weight is 453 g/mol. The SMILES string of the molecule is COC(=O)c1ccccc1-c1ccc(Cn2c(-c3ccccc3Cl)nc3ccccc32)cc1. The number of carbonyl (C=O) groups excluding carboxylic acids is 1. The maximum Gasteiger partial charge on any atom is 0.338 e. The third-order valence-electron chi connectivity index (χ3n) is 5.71. The van der Waals surface area contributed by atoms with Gasteiger partial charge in [0.1, 0.15) is 5.82 Å². The molecule has 0 N–H and O–H groups in total. The summed E-state index contributed by atoms with van der Waals surface area (Å²) in [6.07, 6.45) is 0. The number of benzene rings is 4. The van der Waals surface area contributed by atoms with Gasteiger partial charge >= 0.3 is 5.97 Å². The van der Waals surface area contributed by atoms with Crippen LogP contribution in [0.1, 0.15) is 15.9 Å². The molecular formula is C28H21ClN2O2. The Morgan fingerprint density at radius 3 is 2.27 bits per heavy atom. The first-order valence-electron chi connectivity index (χ1n) is 10.6. The zero-order chi connectivity index (χ0) is 22.8. The number of hydrogen-bond donors (Lipinski definition) is 0. The van der Waals surface area contributed by atoms with Gasteiger partial charge in [-0.1, -0.05) is 78.3 Å². The van der Waals surface area contributed by atoms with E-state index in [1.807, 2.05) is 72.8 Å². The number of ether oxygens (including phenoxy) is 1. The number of imidazole rings is 1. The van der Waals surface area contributed by atoms with Crippen LogP contribution in [-0.2, 0) is 11.3 Å². The van der Waals surface area contributed by atoms with Crippen molar-refractivity contribution in [3.05, 3.63) is 113 Å². The standard InChI is InChI=1S/C28H21ClN2O2/c1-33-28(32)22-9-3-2-8-21(22)20-16-14-19(15-17-20)18-31-26-13-7-6-12-25(26)30-27(31)23-10-4-5-11-24(23)29/h2-17H,18H2,1H3. The summed E-state index contributed by atoms with van der Waals surface area (Å²) in [7, 11) is 1.40. The van der Waals surface area contributed by atoms with Crippen LogP contribution in [0.3, 0.4) is 0 Å². The fraction of sp³-hybridized carbons (Fsp3) is 0.0714. The molecule has 0 aliphatic heterocycles. The molecule has 162 valence electrons. The topological polar surface area (TPSA) is 44.1 Å². The van der Waals surface area contributed by atoms with Gasteiger partial charge in [0.25, 0.3) is 0 Å². The average Bonchev–Trinajstić information content (AvgIpc) is 3.22. The maximum atomic E-state index is 12.2. The van der Waals surface area contributed by atoms with E-state index in [1.165, 1.54) is 7.11 Å². The van der Waals surface area contributed by atoms with Gasteiger partial charge in [-0.2, -0.15) is 0 Å². The number of methoxy groups -OCH3 is 1. The molecule has 0 spiro atoms. The van der Waals surface area contributed by atoms with E-state index in [2.05, 4.69) is 22.8 Å². The predicted octanol–water partition coefficient (Wildman–Crippen LogP) is 6.86. The van der Waals surface area contributed by atoms with Crippen molar-refractivity contribution in [1.29, 1.82) is 0 Å². The number of rotatable bonds is 5. The highest BCUT2D eigenvalue weighted by Crippen LogP contribution is 2.31. The summed E-state index contributed by atoms with van der Waals surface area (Å²) >= 11 is 6.51. The third kappa shape index (κ3) is 4.01. The lowest BCUT2D eigenvalue weighted by molar-refractivity contribution is 0.0601. The summed E-state index contributed by atoms with van der Waals surface area (Å²) in [4.78, 5) is 17.0. The van der Waals surface area contributed by atoms with Gasteiger partial charge in [0, 0.05) is 12.1 Å². The molecule has 0 fully saturated rings. The number of fused-ring (bicyclic) bond motifs is 1. The number of hydrogen-bond acceptors (Lipinski definition) is 3. The number of esters is 1. The summed E-state index contributed by atoms with van der Waals surface area (Å²) in [5, 5.41) is 0.670. The van der Waals surface area contributed by atoms with Crippen molar-refractivity contribution in [2.24, 2.45) is 0 Å². The molecule has 0 bridgehead atoms. The van der Waals surface area contributed by atoms with Gasteiger partial charge in [-0.05, 0) is 47.0 Å². The zero-order valence-electron chi connectivity index (χ0n) is 18.0. The van der Waals surface area contributed by atoms with Gasteiger partial charge in [-0.3, -0.25) is 0 Å². The van der Waals surface area contributed by atoms with Crippen LogP contribution in [0.25, 0.3) is 33.5 Å². The van der Waals surface area contributed by atoms with Gasteiger partial charge in [0.2, 0.25) is 0 Å². The van der Waals surface area contributed by atoms with E-state index in [9.17, 15) is 4.79 Å². The van der Waals surface area contributed by atoms with Gasteiger partial charge < -0.3 is 9.30 Å². The Labute approximate surface area is 197 Å². The van der Waals surface area contributed by atoms with Crippen LogP contribution < -0.4 is 0 Å². The first-order valence-corrected chi connectivity index (χ1v) is 11.0. The first-order chi connectivity index (χ1) is 16.2. The second-order valence-electron chi connectivity index (χ2n) is 7.72. The van der Waals surface area contributed by atoms with E-state index < -0.39 is 0 Å². The normalized spacial score (nSPS) is 11.0. The highest BCUT2D eigenvalue weighted by Gasteiger charge is 2.16. The quantitative estimate of drug-likeness (QED) is 0.273. The Bertz CT molecular complexity index is 1450. The second kappa shape index (κ2) is 8.93. The fourth-order valence-electron chi connectivity index (χ4n) is 4.08. The number of para-hydroxylation sites is 2. The molecule has 1 heterocycles. The Balaban J connectivity index is 1.54. The van der Waals surface area contributed by atoms with Crippen molar-refractivity contribution < 1.29 is 9.53 Å². The number of halogens is 1. The molecule has 5 aromatic rings. The van der Waals surface area contributed by atoms with Gasteiger partial charge in [0.05, 0.1) is 28.7 Å². The Morgan fingerprint density at radius 2 is 1.52 bits per heavy atom. The molecular weight excluding hydrogens is 432 g/mol. The lowest BCUT2D eigenvalue weighted by Gasteiger charge is -2.12. The van der Waals surface area contributed by atoms with Crippen molar-refractivity contribution in [3.63, 3.8) is 0 Å². The van der Waals surface area contributed by atoms with Crippen molar-refractivity contribution in [2.45, 2.75) is 6.54 Å². The molecule has 1 aromatic heterocycles. The molecule has 4 aromatic carbocycles. The fourth-order valence-corrected chi connectivity index (χ4v) is 4.30. The van der Waals surface area contributed by atoms with Gasteiger partial charge in [-0.15, -0.1) is 0 Å². The monoisotopic (exact) mass is 452 g/mol. The predicted molar refractivity (Wildman–Crippen MR) is 132 cm³/mol. The lowest BCUT2D eigenvalue weighted by atomic mass is 9.98. The van der Waals surface area contributed by atoms with Gasteiger partial charge in [-0.25, -0.2) is 9.78 Å². The van der Waals surface area contributed by atoms with E-state index >= 15 is 0 Å². The van der Waals surface area contributed by atoms with Crippen LogP contribution in [0, 0.1) is 0 Å². The molecule has 33 heavy (non-hydrogen) atoms. The number of carbonyl (C=O) groups is 1. The lowest BCUT2D eigenvalue weighted by Crippen LogP contribution is -2.04. The smallest absolute Gasteiger partial charge is 0.338 e. The highest BCUT2D eigenvalue weighted by atomic mass is 35.5. The molecule has 5 rings (SSSR count). The van der Waals surface area contributed by atoms with Crippen molar-refractivity contribution >= 4 is 28.6 Å². The molecule has 0 amide bonds. The van der Waals surface area contributed by atoms with Crippen LogP contribution >= 0.6 is 11.6 Å². The minimum absolute atomic E-state index is 0.344. The van der Waals surface area contributed by atoms with E-state index in [4.69, 9.17) is 21.3 Å². The third-order valence-corrected chi connectivity index (χ3v) is 6.04. The Hall–Kier alpha value is -3.89. The summed E-state index contributed by atoms with van der Waals surface area (Å²) < 4.78 is 7.13. The van der Waals surface area contributed by atoms with E-state index in [0.29, 0.717) is 17.1 Å². The minimum Gasteiger partial charge on any atom is -0.465 e. The van der Waals surface area contributed by atoms with E-state index in [-0.39, 0.29) is 5.97 Å². The van der Waals surface area contributed by atoms with Crippen LogP contribution in [0.2, 0.25) is 5.02 Å². The van der Waals surface area contributed by atoms with E-state index in [0.717, 1.165) is 39.1 Å². The van der Waals surface area contributed by atoms with Crippen LogP contribution in [0.5, 0.6) is 0 Å². The molecule has 0 atom stereocenters. The van der Waals surface area contributed by atoms with Crippen LogP contribution in [0.4, 0.5) is 0 Å². The van der Waals surface area contributed by atoms with Crippen LogP contribution in [0.15, 0.2) is 97.1 Å². The molecule has 0 radical (unpaired) electrons. The highest BCUT2D eigenvalue weighted by molar-refractivity contribution is 6.33. The summed E-state index contributed by atoms with van der Waals surface area (Å²) in [6.45, 7) is 0.639. The molecule has 0 saturated carbocycles. The molecule has 0 aliphatic carbocycles. The molecule has 4 nitrogen and oxygen atoms in total. The second-order valence-corrected chi connectivity index (χ2v) is 8.13. The number of nitrogens with zero attached hydrogens (tertiary/aromatic N) is 2. The van der Waals surface area contributed by atoms with E-state index in [1.54, 1.807) is 6.07 Å². The zero-order valence-corrected chi connectivity index (χ0v) is 18.8. The minimum atomic E-state index is -0.344. The first kappa shape index (κ1) is 21.0. The molecule has 0 aliphatic rings. The number of aromatic nitrogens is 2. The van der Waals surface area contributed by atoms with Gasteiger partial charge in [0.15, 0.2) is 0 Å². The van der Waals surface area contributed by atoms with Crippen molar-refractivity contribution in [2.75, 3.05) is 7.11 Å².